The van der Waals surface area contributed by atoms with Crippen molar-refractivity contribution in [1.82, 2.24) is 4.90 Å². The van der Waals surface area contributed by atoms with Gasteiger partial charge in [0, 0.05) is 13.6 Å². The predicted octanol–water partition coefficient (Wildman–Crippen LogP) is 1.88. The van der Waals surface area contributed by atoms with Gasteiger partial charge in [-0.2, -0.15) is 0 Å². The van der Waals surface area contributed by atoms with Crippen LogP contribution in [0, 0.1) is 12.8 Å². The number of benzene rings is 1. The first-order valence-electron chi connectivity index (χ1n) is 5.51. The third-order valence-electron chi connectivity index (χ3n) is 2.68. The van der Waals surface area contributed by atoms with Crippen molar-refractivity contribution in [3.63, 3.8) is 0 Å². The van der Waals surface area contributed by atoms with Gasteiger partial charge in [-0.3, -0.25) is 4.79 Å². The topological polar surface area (TPSA) is 46.3 Å². The molecule has 0 radical (unpaired) electrons. The second kappa shape index (κ2) is 5.77. The van der Waals surface area contributed by atoms with Gasteiger partial charge in [-0.05, 0) is 19.4 Å². The highest BCUT2D eigenvalue weighted by molar-refractivity contribution is 7.80. The average molecular weight is 250 g/mol. The van der Waals surface area contributed by atoms with E-state index in [2.05, 4.69) is 6.07 Å². The van der Waals surface area contributed by atoms with E-state index in [0.717, 1.165) is 5.56 Å². The minimum absolute atomic E-state index is 0.0426. The van der Waals surface area contributed by atoms with E-state index in [4.69, 9.17) is 18.0 Å². The van der Waals surface area contributed by atoms with E-state index < -0.39 is 5.92 Å². The normalized spacial score (nSPS) is 11.9. The number of nitrogens with zero attached hydrogens (tertiary/aromatic N) is 1. The van der Waals surface area contributed by atoms with Gasteiger partial charge in [0.15, 0.2) is 0 Å². The maximum atomic E-state index is 11.9. The molecule has 1 amide bonds. The van der Waals surface area contributed by atoms with Crippen LogP contribution in [0.5, 0.6) is 0 Å². The summed E-state index contributed by atoms with van der Waals surface area (Å²) in [4.78, 5) is 13.8. The molecule has 3 nitrogen and oxygen atoms in total. The van der Waals surface area contributed by atoms with Crippen molar-refractivity contribution in [2.24, 2.45) is 11.7 Å². The molecule has 2 N–H and O–H groups in total. The van der Waals surface area contributed by atoms with E-state index >= 15 is 0 Å². The minimum Gasteiger partial charge on any atom is -0.393 e. The maximum absolute atomic E-state index is 11.9. The molecule has 17 heavy (non-hydrogen) atoms. The molecule has 1 atom stereocenters. The van der Waals surface area contributed by atoms with Gasteiger partial charge in [-0.25, -0.2) is 0 Å². The molecule has 0 aliphatic heterocycles. The summed E-state index contributed by atoms with van der Waals surface area (Å²) in [5.74, 6) is -0.446. The molecule has 1 unspecified atom stereocenters. The van der Waals surface area contributed by atoms with Crippen LogP contribution < -0.4 is 5.73 Å². The number of hydrogen-bond donors (Lipinski definition) is 1. The van der Waals surface area contributed by atoms with Crippen LogP contribution in [0.2, 0.25) is 0 Å². The molecule has 4 heteroatoms. The molecule has 1 aromatic rings. The van der Waals surface area contributed by atoms with Crippen molar-refractivity contribution in [2.45, 2.75) is 20.4 Å². The smallest absolute Gasteiger partial charge is 0.232 e. The summed E-state index contributed by atoms with van der Waals surface area (Å²) < 4.78 is 0. The lowest BCUT2D eigenvalue weighted by Crippen LogP contribution is -2.37. The number of thiocarbonyl (C=S) groups is 1. The van der Waals surface area contributed by atoms with Crippen molar-refractivity contribution in [3.05, 3.63) is 35.4 Å². The van der Waals surface area contributed by atoms with E-state index in [1.165, 1.54) is 5.56 Å². The molecule has 1 aromatic carbocycles. The van der Waals surface area contributed by atoms with Crippen LogP contribution in [0.25, 0.3) is 0 Å². The van der Waals surface area contributed by atoms with Gasteiger partial charge < -0.3 is 10.6 Å². The Balaban J connectivity index is 2.69. The summed E-state index contributed by atoms with van der Waals surface area (Å²) in [5.41, 5.74) is 7.77. The van der Waals surface area contributed by atoms with Crippen molar-refractivity contribution in [3.8, 4) is 0 Å². The number of hydrogen-bond acceptors (Lipinski definition) is 2. The number of amides is 1. The first kappa shape index (κ1) is 13.6. The van der Waals surface area contributed by atoms with Crippen molar-refractivity contribution in [1.29, 1.82) is 0 Å². The van der Waals surface area contributed by atoms with Crippen molar-refractivity contribution >= 4 is 23.1 Å². The molecule has 0 bridgehead atoms. The van der Waals surface area contributed by atoms with Crippen LogP contribution in [0.15, 0.2) is 24.3 Å². The molecule has 0 spiro atoms. The van der Waals surface area contributed by atoms with Gasteiger partial charge in [-0.1, -0.05) is 42.0 Å². The Morgan fingerprint density at radius 3 is 2.71 bits per heavy atom. The van der Waals surface area contributed by atoms with Gasteiger partial charge in [0.2, 0.25) is 5.91 Å². The standard InChI is InChI=1S/C13H18N2OS/c1-9-5-4-6-11(7-9)8-15(3)13(16)10(2)12(14)17/h4-7,10H,8H2,1-3H3,(H2,14,17). The Morgan fingerprint density at radius 1 is 1.53 bits per heavy atom. The second-order valence-corrected chi connectivity index (χ2v) is 4.78. The zero-order valence-corrected chi connectivity index (χ0v) is 11.3. The molecule has 1 rings (SSSR count). The molecule has 92 valence electrons. The van der Waals surface area contributed by atoms with E-state index in [1.54, 1.807) is 18.9 Å². The van der Waals surface area contributed by atoms with Crippen LogP contribution in [0.1, 0.15) is 18.1 Å². The Hall–Kier alpha value is -1.42. The number of carbonyl (C=O) groups is 1. The molecule has 0 aromatic heterocycles. The molecule has 0 fully saturated rings. The Bertz CT molecular complexity index is 431. The largest absolute Gasteiger partial charge is 0.393 e. The van der Waals surface area contributed by atoms with E-state index in [0.29, 0.717) is 6.54 Å². The molecule has 0 aliphatic carbocycles. The number of carbonyl (C=O) groups excluding carboxylic acids is 1. The summed E-state index contributed by atoms with van der Waals surface area (Å²) in [6.45, 7) is 4.34. The quantitative estimate of drug-likeness (QED) is 0.830. The third kappa shape index (κ3) is 3.82. The second-order valence-electron chi connectivity index (χ2n) is 4.31. The SMILES string of the molecule is Cc1cccc(CN(C)C(=O)C(C)C(N)=S)c1. The molecular formula is C13H18N2OS. The molecule has 0 heterocycles. The Morgan fingerprint density at radius 2 is 2.18 bits per heavy atom. The fraction of sp³-hybridized carbons (Fsp3) is 0.385. The van der Waals surface area contributed by atoms with Crippen molar-refractivity contribution in [2.75, 3.05) is 7.05 Å². The van der Waals surface area contributed by atoms with E-state index in [9.17, 15) is 4.79 Å². The lowest BCUT2D eigenvalue weighted by molar-refractivity contribution is -0.132. The number of nitrogens with two attached hydrogens (primary N) is 1. The van der Waals surface area contributed by atoms with Gasteiger partial charge in [0.05, 0.1) is 10.9 Å². The van der Waals surface area contributed by atoms with E-state index in [-0.39, 0.29) is 10.9 Å². The molecule has 0 saturated carbocycles. The van der Waals surface area contributed by atoms with Crippen LogP contribution >= 0.6 is 12.2 Å². The van der Waals surface area contributed by atoms with Crippen LogP contribution in [-0.4, -0.2) is 22.8 Å². The Labute approximate surface area is 108 Å². The van der Waals surface area contributed by atoms with Gasteiger partial charge in [0.25, 0.3) is 0 Å². The lowest BCUT2D eigenvalue weighted by Gasteiger charge is -2.21. The maximum Gasteiger partial charge on any atom is 0.232 e. The van der Waals surface area contributed by atoms with Crippen LogP contribution in [-0.2, 0) is 11.3 Å². The highest BCUT2D eigenvalue weighted by Gasteiger charge is 2.19. The highest BCUT2D eigenvalue weighted by atomic mass is 32.1. The van der Waals surface area contributed by atoms with Crippen LogP contribution in [0.4, 0.5) is 0 Å². The van der Waals surface area contributed by atoms with E-state index in [1.807, 2.05) is 25.1 Å². The van der Waals surface area contributed by atoms with Gasteiger partial charge >= 0.3 is 0 Å². The van der Waals surface area contributed by atoms with Crippen molar-refractivity contribution < 1.29 is 4.79 Å². The summed E-state index contributed by atoms with van der Waals surface area (Å²) in [6, 6.07) is 8.08. The minimum atomic E-state index is -0.403. The molecule has 0 saturated heterocycles. The summed E-state index contributed by atoms with van der Waals surface area (Å²) in [7, 11) is 1.76. The summed E-state index contributed by atoms with van der Waals surface area (Å²) in [5, 5.41) is 0. The molecular weight excluding hydrogens is 232 g/mol. The number of aryl methyl sites for hydroxylation is 1. The third-order valence-corrected chi connectivity index (χ3v) is 3.03. The summed E-state index contributed by atoms with van der Waals surface area (Å²) in [6.07, 6.45) is 0. The molecule has 0 aliphatic rings. The zero-order chi connectivity index (χ0) is 13.0. The monoisotopic (exact) mass is 250 g/mol. The zero-order valence-electron chi connectivity index (χ0n) is 10.4. The first-order valence-corrected chi connectivity index (χ1v) is 5.92. The Kier molecular flexibility index (Phi) is 4.63. The van der Waals surface area contributed by atoms with Gasteiger partial charge in [0.1, 0.15) is 0 Å². The number of rotatable bonds is 4. The van der Waals surface area contributed by atoms with Gasteiger partial charge in [-0.15, -0.1) is 0 Å². The summed E-state index contributed by atoms with van der Waals surface area (Å²) >= 11 is 4.83. The average Bonchev–Trinajstić information content (AvgIpc) is 2.26. The predicted molar refractivity (Wildman–Crippen MR) is 73.6 cm³/mol. The highest BCUT2D eigenvalue weighted by Crippen LogP contribution is 2.09. The fourth-order valence-corrected chi connectivity index (χ4v) is 1.72. The fourth-order valence-electron chi connectivity index (χ4n) is 1.61. The lowest BCUT2D eigenvalue weighted by atomic mass is 10.1. The first-order chi connectivity index (χ1) is 7.91. The van der Waals surface area contributed by atoms with Crippen LogP contribution in [0.3, 0.4) is 0 Å².